The number of nitrogen functional groups attached to an aromatic ring is 1. The molecule has 0 amide bonds. The number of carbonyl (C=O) groups is 1. The number of hydrogen-bond donors (Lipinski definition) is 3. The number of ether oxygens (including phenoxy) is 2. The summed E-state index contributed by atoms with van der Waals surface area (Å²) in [5.74, 6) is -0.386. The minimum absolute atomic E-state index is 0.100. The summed E-state index contributed by atoms with van der Waals surface area (Å²) in [5, 5.41) is 13.3. The Labute approximate surface area is 216 Å². The maximum atomic E-state index is 15.2. The van der Waals surface area contributed by atoms with Crippen molar-refractivity contribution < 1.29 is 37.4 Å². The molecule has 6 atom stereocenters. The topological polar surface area (TPSA) is 160 Å². The van der Waals surface area contributed by atoms with Crippen LogP contribution in [0.4, 0.5) is 10.2 Å². The number of aliphatic hydroxyl groups excluding tert-OH is 1. The van der Waals surface area contributed by atoms with Gasteiger partial charge in [0.15, 0.2) is 12.4 Å². The number of anilines is 1. The quantitative estimate of drug-likeness (QED) is 0.191. The van der Waals surface area contributed by atoms with E-state index in [0.717, 1.165) is 0 Å². The normalized spacial score (nSPS) is 24.0. The van der Waals surface area contributed by atoms with Crippen molar-refractivity contribution in [2.75, 3.05) is 18.9 Å². The predicted molar refractivity (Wildman–Crippen MR) is 132 cm³/mol. The van der Waals surface area contributed by atoms with Gasteiger partial charge in [0.05, 0.1) is 18.6 Å². The molecular formula is C22H26ClFN5O7P. The Morgan fingerprint density at radius 3 is 2.78 bits per heavy atom. The van der Waals surface area contributed by atoms with Gasteiger partial charge in [0.25, 0.3) is 0 Å². The van der Waals surface area contributed by atoms with Crippen LogP contribution in [0.3, 0.4) is 0 Å². The fourth-order valence-corrected chi connectivity index (χ4v) is 5.41. The van der Waals surface area contributed by atoms with Crippen LogP contribution < -0.4 is 15.3 Å². The molecule has 1 unspecified atom stereocenters. The van der Waals surface area contributed by atoms with Gasteiger partial charge in [-0.05, 0) is 43.6 Å². The van der Waals surface area contributed by atoms with Crippen LogP contribution in [-0.4, -0.2) is 63.2 Å². The maximum absolute atomic E-state index is 15.2. The third-order valence-corrected chi connectivity index (χ3v) is 7.32. The zero-order chi connectivity index (χ0) is 26.7. The summed E-state index contributed by atoms with van der Waals surface area (Å²) in [5.41, 5.74) is 6.07. The molecule has 4 rings (SSSR count). The smallest absolute Gasteiger partial charge is 0.459 e. The molecule has 0 radical (unpaired) electrons. The predicted octanol–water partition coefficient (Wildman–Crippen LogP) is 3.01. The number of esters is 1. The number of nitrogens with two attached hydrogens (primary N) is 1. The number of para-hydroxylation sites is 1. The summed E-state index contributed by atoms with van der Waals surface area (Å²) in [6, 6.07) is 8.62. The Balaban J connectivity index is 1.52. The van der Waals surface area contributed by atoms with Gasteiger partial charge in [0.2, 0.25) is 5.28 Å². The van der Waals surface area contributed by atoms with Gasteiger partial charge in [-0.1, -0.05) is 18.2 Å². The molecular weight excluding hydrogens is 532 g/mol. The van der Waals surface area contributed by atoms with Crippen LogP contribution in [0.25, 0.3) is 11.0 Å². The third-order valence-electron chi connectivity index (χ3n) is 5.51. The number of aromatic nitrogens is 3. The van der Waals surface area contributed by atoms with Gasteiger partial charge in [-0.15, -0.1) is 0 Å². The summed E-state index contributed by atoms with van der Waals surface area (Å²) in [6.45, 7) is 2.63. The number of carbonyl (C=O) groups excluding carboxylic acids is 1. The number of nitrogens with zero attached hydrogens (tertiary/aromatic N) is 3. The number of nitrogens with one attached hydrogen (secondary N) is 1. The van der Waals surface area contributed by atoms with Gasteiger partial charge in [-0.2, -0.15) is 10.1 Å². The monoisotopic (exact) mass is 557 g/mol. The van der Waals surface area contributed by atoms with Crippen LogP contribution in [0.2, 0.25) is 5.28 Å². The molecule has 200 valence electrons. The van der Waals surface area contributed by atoms with E-state index in [9.17, 15) is 14.5 Å². The second-order valence-electron chi connectivity index (χ2n) is 8.14. The van der Waals surface area contributed by atoms with Gasteiger partial charge in [-0.3, -0.25) is 9.32 Å². The molecule has 0 spiro atoms. The van der Waals surface area contributed by atoms with Crippen LogP contribution >= 0.6 is 19.3 Å². The molecule has 1 saturated heterocycles. The lowest BCUT2D eigenvalue weighted by Crippen LogP contribution is -2.37. The molecule has 0 bridgehead atoms. The fourth-order valence-electron chi connectivity index (χ4n) is 3.74. The van der Waals surface area contributed by atoms with Crippen molar-refractivity contribution in [3.8, 4) is 5.75 Å². The van der Waals surface area contributed by atoms with Crippen molar-refractivity contribution in [1.29, 1.82) is 0 Å². The number of hydrogen-bond acceptors (Lipinski definition) is 10. The van der Waals surface area contributed by atoms with E-state index < -0.39 is 51.0 Å². The molecule has 3 heterocycles. The molecule has 1 aromatic carbocycles. The number of fused-ring (bicyclic) bond motifs is 1. The van der Waals surface area contributed by atoms with Gasteiger partial charge >= 0.3 is 13.7 Å². The highest BCUT2D eigenvalue weighted by molar-refractivity contribution is 7.52. The average Bonchev–Trinajstić information content (AvgIpc) is 3.39. The summed E-state index contributed by atoms with van der Waals surface area (Å²) < 4.78 is 51.8. The van der Waals surface area contributed by atoms with Crippen LogP contribution in [0, 0.1) is 0 Å². The first-order valence-corrected chi connectivity index (χ1v) is 13.2. The lowest BCUT2D eigenvalue weighted by molar-refractivity contribution is -0.144. The van der Waals surface area contributed by atoms with Crippen molar-refractivity contribution in [2.45, 2.75) is 44.5 Å². The first-order chi connectivity index (χ1) is 17.6. The van der Waals surface area contributed by atoms with Gasteiger partial charge < -0.3 is 29.4 Å². The zero-order valence-corrected chi connectivity index (χ0v) is 21.5. The summed E-state index contributed by atoms with van der Waals surface area (Å²) in [4.78, 5) is 20.0. The van der Waals surface area contributed by atoms with Crippen molar-refractivity contribution in [2.24, 2.45) is 0 Å². The summed E-state index contributed by atoms with van der Waals surface area (Å²) in [6.07, 6.45) is -4.64. The van der Waals surface area contributed by atoms with Crippen LogP contribution in [-0.2, 0) is 23.4 Å². The first kappa shape index (κ1) is 27.2. The SMILES string of the molecule is CCOC(=O)[C@H](C)NP(=O)(OC[C@H]1O[C@@H](n2ccc3c(N)nc(Cl)nc32)[C@@H](F)[C@@H]1O)Oc1ccccc1. The number of rotatable bonds is 10. The van der Waals surface area contributed by atoms with E-state index in [1.54, 1.807) is 31.2 Å². The van der Waals surface area contributed by atoms with Crippen molar-refractivity contribution in [3.63, 3.8) is 0 Å². The highest BCUT2D eigenvalue weighted by Crippen LogP contribution is 2.46. The minimum atomic E-state index is -4.23. The van der Waals surface area contributed by atoms with Gasteiger partial charge in [-0.25, -0.2) is 13.9 Å². The van der Waals surface area contributed by atoms with Crippen molar-refractivity contribution in [3.05, 3.63) is 47.9 Å². The zero-order valence-electron chi connectivity index (χ0n) is 19.9. The second-order valence-corrected chi connectivity index (χ2v) is 10.2. The van der Waals surface area contributed by atoms with E-state index in [1.807, 2.05) is 0 Å². The van der Waals surface area contributed by atoms with E-state index in [2.05, 4.69) is 15.1 Å². The van der Waals surface area contributed by atoms with Gasteiger partial charge in [0.1, 0.15) is 35.5 Å². The lowest BCUT2D eigenvalue weighted by Gasteiger charge is -2.24. The Bertz CT molecular complexity index is 1300. The van der Waals surface area contributed by atoms with E-state index in [-0.39, 0.29) is 29.1 Å². The number of halogens is 2. The third kappa shape index (κ3) is 6.03. The van der Waals surface area contributed by atoms with Crippen molar-refractivity contribution in [1.82, 2.24) is 19.6 Å². The minimum Gasteiger partial charge on any atom is -0.465 e. The standard InChI is InChI=1S/C22H26ClFN5O7P/c1-3-33-21(31)12(2)28-37(32,36-13-7-5-4-6-8-13)34-11-15-17(30)16(24)20(35-15)29-10-9-14-18(25)26-22(23)27-19(14)29/h4-10,12,15-17,20,30H,3,11H2,1-2H3,(H,28,32)(H2,25,26,27)/t12-,15+,16-,17+,20+,37?/m0/s1. The molecule has 37 heavy (non-hydrogen) atoms. The van der Waals surface area contributed by atoms with Gasteiger partial charge in [0, 0.05) is 6.20 Å². The second kappa shape index (κ2) is 11.3. The molecule has 0 aliphatic carbocycles. The van der Waals surface area contributed by atoms with Crippen molar-refractivity contribution >= 4 is 42.2 Å². The average molecular weight is 558 g/mol. The maximum Gasteiger partial charge on any atom is 0.459 e. The Hall–Kier alpha value is -2.80. The molecule has 2 aromatic heterocycles. The molecule has 0 saturated carbocycles. The van der Waals surface area contributed by atoms with E-state index in [0.29, 0.717) is 5.39 Å². The highest BCUT2D eigenvalue weighted by Gasteiger charge is 2.47. The van der Waals surface area contributed by atoms with Crippen LogP contribution in [0.15, 0.2) is 42.6 Å². The Morgan fingerprint density at radius 1 is 1.35 bits per heavy atom. The Morgan fingerprint density at radius 2 is 2.08 bits per heavy atom. The molecule has 1 fully saturated rings. The van der Waals surface area contributed by atoms with E-state index >= 15 is 4.39 Å². The molecule has 1 aliphatic heterocycles. The molecule has 3 aromatic rings. The number of aliphatic hydroxyl groups is 1. The fraction of sp³-hybridized carbons (Fsp3) is 0.409. The summed E-state index contributed by atoms with van der Waals surface area (Å²) in [7, 11) is -4.23. The Kier molecular flexibility index (Phi) is 8.32. The molecule has 15 heteroatoms. The number of alkyl halides is 1. The lowest BCUT2D eigenvalue weighted by atomic mass is 10.1. The molecule has 4 N–H and O–H groups in total. The summed E-state index contributed by atoms with van der Waals surface area (Å²) >= 11 is 5.90. The van der Waals surface area contributed by atoms with E-state index in [1.165, 1.54) is 29.8 Å². The molecule has 12 nitrogen and oxygen atoms in total. The first-order valence-electron chi connectivity index (χ1n) is 11.3. The largest absolute Gasteiger partial charge is 0.465 e. The highest BCUT2D eigenvalue weighted by atomic mass is 35.5. The van der Waals surface area contributed by atoms with E-state index in [4.69, 9.17) is 35.9 Å². The molecule has 1 aliphatic rings. The number of benzene rings is 1. The van der Waals surface area contributed by atoms with Crippen LogP contribution in [0.5, 0.6) is 5.75 Å². The van der Waals surface area contributed by atoms with Crippen LogP contribution in [0.1, 0.15) is 20.1 Å².